The van der Waals surface area contributed by atoms with Crippen molar-refractivity contribution in [1.29, 1.82) is 0 Å². The number of esters is 1. The number of hydrogen-bond acceptors (Lipinski definition) is 6. The first kappa shape index (κ1) is 13.8. The van der Waals surface area contributed by atoms with E-state index >= 15 is 0 Å². The minimum absolute atomic E-state index is 0.327. The van der Waals surface area contributed by atoms with E-state index in [0.717, 1.165) is 12.1 Å². The molecule has 0 radical (unpaired) electrons. The number of nitrogens with one attached hydrogen (secondary N) is 1. The Balaban J connectivity index is 2.04. The molecule has 104 valence electrons. The van der Waals surface area contributed by atoms with Crippen molar-refractivity contribution in [1.82, 2.24) is 9.97 Å². The molecule has 0 bridgehead atoms. The molecule has 0 aliphatic carbocycles. The van der Waals surface area contributed by atoms with Crippen LogP contribution in [0.3, 0.4) is 0 Å². The zero-order valence-electron chi connectivity index (χ0n) is 11.2. The minimum Gasteiger partial charge on any atom is -0.465 e. The van der Waals surface area contributed by atoms with Crippen LogP contribution in [-0.2, 0) is 11.2 Å². The fraction of sp³-hybridized carbons (Fsp3) is 0.214. The fourth-order valence-electron chi connectivity index (χ4n) is 1.74. The summed E-state index contributed by atoms with van der Waals surface area (Å²) in [6, 6.07) is 7.29. The van der Waals surface area contributed by atoms with Crippen molar-refractivity contribution in [3.63, 3.8) is 0 Å². The number of carbonyl (C=O) groups is 1. The van der Waals surface area contributed by atoms with E-state index < -0.39 is 5.97 Å². The summed E-state index contributed by atoms with van der Waals surface area (Å²) < 4.78 is 4.71. The molecule has 0 amide bonds. The van der Waals surface area contributed by atoms with Crippen LogP contribution >= 0.6 is 0 Å². The van der Waals surface area contributed by atoms with Crippen molar-refractivity contribution in [3.8, 4) is 0 Å². The molecule has 2 heterocycles. The number of rotatable bonds is 5. The van der Waals surface area contributed by atoms with Crippen LogP contribution < -0.4 is 11.1 Å². The Kier molecular flexibility index (Phi) is 4.49. The molecule has 0 aromatic carbocycles. The van der Waals surface area contributed by atoms with Crippen LogP contribution in [0, 0.1) is 0 Å². The summed E-state index contributed by atoms with van der Waals surface area (Å²) >= 11 is 0. The molecule has 0 aliphatic rings. The van der Waals surface area contributed by atoms with E-state index in [0.29, 0.717) is 23.6 Å². The van der Waals surface area contributed by atoms with Gasteiger partial charge in [-0.25, -0.2) is 9.78 Å². The largest absolute Gasteiger partial charge is 0.465 e. The second-order valence-electron chi connectivity index (χ2n) is 4.15. The van der Waals surface area contributed by atoms with Crippen molar-refractivity contribution in [2.75, 3.05) is 24.7 Å². The standard InChI is InChI=1S/C14H16N4O2/c1-20-14(19)12-8-10(15)9-18-13(12)17-7-5-11-4-2-3-6-16-11/h2-4,6,8-9H,5,7,15H2,1H3,(H,17,18). The quantitative estimate of drug-likeness (QED) is 0.802. The zero-order valence-corrected chi connectivity index (χ0v) is 11.2. The fourth-order valence-corrected chi connectivity index (χ4v) is 1.74. The molecule has 2 rings (SSSR count). The first-order chi connectivity index (χ1) is 9.70. The van der Waals surface area contributed by atoms with Gasteiger partial charge < -0.3 is 15.8 Å². The maximum Gasteiger partial charge on any atom is 0.341 e. The Bertz CT molecular complexity index is 587. The Morgan fingerprint density at radius 1 is 1.40 bits per heavy atom. The summed E-state index contributed by atoms with van der Waals surface area (Å²) in [7, 11) is 1.32. The highest BCUT2D eigenvalue weighted by Crippen LogP contribution is 2.16. The summed E-state index contributed by atoms with van der Waals surface area (Å²) in [6.07, 6.45) is 3.97. The lowest BCUT2D eigenvalue weighted by Crippen LogP contribution is -2.13. The predicted molar refractivity (Wildman–Crippen MR) is 76.4 cm³/mol. The molecule has 20 heavy (non-hydrogen) atoms. The van der Waals surface area contributed by atoms with Gasteiger partial charge in [0, 0.05) is 24.9 Å². The number of nitrogen functional groups attached to an aromatic ring is 1. The van der Waals surface area contributed by atoms with Gasteiger partial charge in [0.2, 0.25) is 0 Å². The van der Waals surface area contributed by atoms with Crippen LogP contribution in [0.15, 0.2) is 36.7 Å². The highest BCUT2D eigenvalue weighted by molar-refractivity contribution is 5.95. The molecule has 0 spiro atoms. The van der Waals surface area contributed by atoms with Crippen LogP contribution in [0.2, 0.25) is 0 Å². The van der Waals surface area contributed by atoms with Gasteiger partial charge in [-0.3, -0.25) is 4.98 Å². The van der Waals surface area contributed by atoms with Gasteiger partial charge in [-0.15, -0.1) is 0 Å². The third kappa shape index (κ3) is 3.44. The molecule has 0 saturated carbocycles. The molecule has 0 saturated heterocycles. The smallest absolute Gasteiger partial charge is 0.341 e. The zero-order chi connectivity index (χ0) is 14.4. The van der Waals surface area contributed by atoms with Crippen molar-refractivity contribution in [3.05, 3.63) is 47.9 Å². The van der Waals surface area contributed by atoms with E-state index in [1.165, 1.54) is 13.3 Å². The van der Waals surface area contributed by atoms with E-state index in [1.807, 2.05) is 18.2 Å². The lowest BCUT2D eigenvalue weighted by Gasteiger charge is -2.10. The van der Waals surface area contributed by atoms with Crippen molar-refractivity contribution >= 4 is 17.5 Å². The van der Waals surface area contributed by atoms with Crippen molar-refractivity contribution < 1.29 is 9.53 Å². The molecular weight excluding hydrogens is 256 g/mol. The Morgan fingerprint density at radius 2 is 2.25 bits per heavy atom. The third-order valence-electron chi connectivity index (χ3n) is 2.71. The number of ether oxygens (including phenoxy) is 1. The number of aromatic nitrogens is 2. The van der Waals surface area contributed by atoms with Crippen LogP contribution in [0.5, 0.6) is 0 Å². The molecule has 0 atom stereocenters. The number of hydrogen-bond donors (Lipinski definition) is 2. The number of carbonyl (C=O) groups excluding carboxylic acids is 1. The molecule has 6 heteroatoms. The lowest BCUT2D eigenvalue weighted by molar-refractivity contribution is 0.0601. The molecule has 2 aromatic heterocycles. The molecule has 3 N–H and O–H groups in total. The number of nitrogens with two attached hydrogens (primary N) is 1. The maximum absolute atomic E-state index is 11.6. The Labute approximate surface area is 117 Å². The normalized spacial score (nSPS) is 10.1. The topological polar surface area (TPSA) is 90.1 Å². The average Bonchev–Trinajstić information content (AvgIpc) is 2.49. The highest BCUT2D eigenvalue weighted by atomic mass is 16.5. The molecule has 0 fully saturated rings. The summed E-state index contributed by atoms with van der Waals surface area (Å²) in [6.45, 7) is 0.609. The van der Waals surface area contributed by atoms with Crippen LogP contribution in [0.1, 0.15) is 16.1 Å². The molecular formula is C14H16N4O2. The summed E-state index contributed by atoms with van der Waals surface area (Å²) in [5.41, 5.74) is 7.34. The molecule has 6 nitrogen and oxygen atoms in total. The second kappa shape index (κ2) is 6.51. The minimum atomic E-state index is -0.467. The first-order valence-corrected chi connectivity index (χ1v) is 6.18. The number of anilines is 2. The first-order valence-electron chi connectivity index (χ1n) is 6.18. The van der Waals surface area contributed by atoms with Gasteiger partial charge in [0.05, 0.1) is 19.0 Å². The van der Waals surface area contributed by atoms with Gasteiger partial charge in [-0.2, -0.15) is 0 Å². The van der Waals surface area contributed by atoms with E-state index in [-0.39, 0.29) is 0 Å². The lowest BCUT2D eigenvalue weighted by atomic mass is 10.2. The Morgan fingerprint density at radius 3 is 2.95 bits per heavy atom. The molecule has 2 aromatic rings. The van der Waals surface area contributed by atoms with Crippen LogP contribution in [0.25, 0.3) is 0 Å². The summed E-state index contributed by atoms with van der Waals surface area (Å²) in [5.74, 6) is -0.00730. The van der Waals surface area contributed by atoms with Crippen LogP contribution in [0.4, 0.5) is 11.5 Å². The predicted octanol–water partition coefficient (Wildman–Crippen LogP) is 1.50. The molecule has 0 aliphatic heterocycles. The third-order valence-corrected chi connectivity index (χ3v) is 2.71. The number of pyridine rings is 2. The summed E-state index contributed by atoms with van der Waals surface area (Å²) in [5, 5.41) is 3.10. The van der Waals surface area contributed by atoms with Crippen molar-refractivity contribution in [2.45, 2.75) is 6.42 Å². The maximum atomic E-state index is 11.6. The van der Waals surface area contributed by atoms with Crippen molar-refractivity contribution in [2.24, 2.45) is 0 Å². The summed E-state index contributed by atoms with van der Waals surface area (Å²) in [4.78, 5) is 20.0. The Hall–Kier alpha value is -2.63. The second-order valence-corrected chi connectivity index (χ2v) is 4.15. The number of nitrogens with zero attached hydrogens (tertiary/aromatic N) is 2. The number of methoxy groups -OCH3 is 1. The monoisotopic (exact) mass is 272 g/mol. The SMILES string of the molecule is COC(=O)c1cc(N)cnc1NCCc1ccccn1. The van der Waals surface area contributed by atoms with Gasteiger partial charge in [-0.1, -0.05) is 6.07 Å². The van der Waals surface area contributed by atoms with E-state index in [1.54, 1.807) is 12.3 Å². The van der Waals surface area contributed by atoms with Gasteiger partial charge >= 0.3 is 5.97 Å². The van der Waals surface area contributed by atoms with E-state index in [2.05, 4.69) is 15.3 Å². The van der Waals surface area contributed by atoms with Crippen LogP contribution in [-0.4, -0.2) is 29.6 Å². The molecule has 0 unspecified atom stereocenters. The highest BCUT2D eigenvalue weighted by Gasteiger charge is 2.13. The average molecular weight is 272 g/mol. The van der Waals surface area contributed by atoms with Gasteiger partial charge in [0.25, 0.3) is 0 Å². The van der Waals surface area contributed by atoms with Gasteiger partial charge in [-0.05, 0) is 18.2 Å². The van der Waals surface area contributed by atoms with Gasteiger partial charge in [0.15, 0.2) is 0 Å². The van der Waals surface area contributed by atoms with Gasteiger partial charge in [0.1, 0.15) is 11.4 Å². The van der Waals surface area contributed by atoms with E-state index in [4.69, 9.17) is 10.5 Å². The van der Waals surface area contributed by atoms with E-state index in [9.17, 15) is 4.79 Å².